The first-order valence-electron chi connectivity index (χ1n) is 7.42. The molecule has 0 radical (unpaired) electrons. The highest BCUT2D eigenvalue weighted by Gasteiger charge is 2.32. The van der Waals surface area contributed by atoms with Gasteiger partial charge in [-0.25, -0.2) is 8.42 Å². The highest BCUT2D eigenvalue weighted by atomic mass is 32.2. The van der Waals surface area contributed by atoms with Crippen molar-refractivity contribution < 1.29 is 8.42 Å². The summed E-state index contributed by atoms with van der Waals surface area (Å²) in [5.74, 6) is 0. The van der Waals surface area contributed by atoms with Crippen LogP contribution in [0, 0.1) is 0 Å². The topological polar surface area (TPSA) is 66.6 Å². The molecule has 1 fully saturated rings. The fraction of sp³-hybridized carbons (Fsp3) is 0.600. The van der Waals surface area contributed by atoms with Gasteiger partial charge in [-0.15, -0.1) is 0 Å². The van der Waals surface area contributed by atoms with Crippen LogP contribution < -0.4 is 5.73 Å². The van der Waals surface area contributed by atoms with Crippen LogP contribution in [0.4, 0.5) is 0 Å². The van der Waals surface area contributed by atoms with Gasteiger partial charge in [-0.05, 0) is 43.7 Å². The van der Waals surface area contributed by atoms with E-state index in [4.69, 9.17) is 5.73 Å². The molecule has 0 aromatic heterocycles. The summed E-state index contributed by atoms with van der Waals surface area (Å²) in [5, 5.41) is 0. The van der Waals surface area contributed by atoms with Crippen molar-refractivity contribution in [1.82, 2.24) is 9.21 Å². The molecule has 1 aliphatic rings. The Labute approximate surface area is 127 Å². The molecule has 1 aromatic rings. The number of nitrogens with two attached hydrogens (primary N) is 1. The van der Waals surface area contributed by atoms with Gasteiger partial charge < -0.3 is 10.6 Å². The molecule has 0 amide bonds. The number of sulfonamides is 1. The van der Waals surface area contributed by atoms with Crippen molar-refractivity contribution >= 4 is 10.0 Å². The van der Waals surface area contributed by atoms with Crippen LogP contribution in [0.5, 0.6) is 0 Å². The number of hydrogen-bond donors (Lipinski definition) is 1. The number of likely N-dealkylation sites (N-methyl/N-ethyl adjacent to an activating group) is 1. The summed E-state index contributed by atoms with van der Waals surface area (Å²) in [6.07, 6.45) is 0.859. The number of rotatable bonds is 4. The Kier molecular flexibility index (Phi) is 5.03. The molecule has 0 aliphatic carbocycles. The van der Waals surface area contributed by atoms with E-state index in [1.165, 1.54) is 0 Å². The van der Waals surface area contributed by atoms with E-state index < -0.39 is 10.0 Å². The van der Waals surface area contributed by atoms with Gasteiger partial charge in [0.2, 0.25) is 10.0 Å². The maximum atomic E-state index is 12.8. The summed E-state index contributed by atoms with van der Waals surface area (Å²) in [5.41, 5.74) is 7.78. The Balaban J connectivity index is 2.35. The third-order valence-electron chi connectivity index (χ3n) is 4.15. The summed E-state index contributed by atoms with van der Waals surface area (Å²) in [4.78, 5) is 2.51. The Morgan fingerprint density at radius 2 is 2.00 bits per heavy atom. The van der Waals surface area contributed by atoms with E-state index in [0.29, 0.717) is 18.0 Å². The smallest absolute Gasteiger partial charge is 0.243 e. The van der Waals surface area contributed by atoms with Gasteiger partial charge in [0.05, 0.1) is 4.90 Å². The molecule has 2 N–H and O–H groups in total. The fourth-order valence-electron chi connectivity index (χ4n) is 2.91. The second-order valence-electron chi connectivity index (χ2n) is 5.72. The zero-order valence-corrected chi connectivity index (χ0v) is 13.9. The number of benzene rings is 1. The lowest BCUT2D eigenvalue weighted by molar-refractivity contribution is 0.170. The molecular formula is C15H25N3O2S. The third kappa shape index (κ3) is 3.29. The van der Waals surface area contributed by atoms with Crippen molar-refractivity contribution in [3.63, 3.8) is 0 Å². The molecule has 1 heterocycles. The minimum absolute atomic E-state index is 0.0130. The highest BCUT2D eigenvalue weighted by Crippen LogP contribution is 2.23. The van der Waals surface area contributed by atoms with Crippen LogP contribution in [-0.2, 0) is 23.0 Å². The van der Waals surface area contributed by atoms with Gasteiger partial charge in [0, 0.05) is 32.2 Å². The van der Waals surface area contributed by atoms with Gasteiger partial charge in [0.25, 0.3) is 0 Å². The maximum Gasteiger partial charge on any atom is 0.243 e. The van der Waals surface area contributed by atoms with E-state index in [1.54, 1.807) is 16.4 Å². The standard InChI is InChI=1S/C15H25N3O2S/c1-4-13-5-6-15(9-14(13)10-16)21(19,20)18-8-7-17(3)11-12(18)2/h5-6,9,12H,4,7-8,10-11,16H2,1-3H3. The van der Waals surface area contributed by atoms with E-state index in [1.807, 2.05) is 27.0 Å². The van der Waals surface area contributed by atoms with Crippen molar-refractivity contribution in [1.29, 1.82) is 0 Å². The van der Waals surface area contributed by atoms with Crippen LogP contribution >= 0.6 is 0 Å². The molecule has 1 unspecified atom stereocenters. The van der Waals surface area contributed by atoms with E-state index >= 15 is 0 Å². The highest BCUT2D eigenvalue weighted by molar-refractivity contribution is 7.89. The van der Waals surface area contributed by atoms with Crippen molar-refractivity contribution in [2.24, 2.45) is 5.73 Å². The first kappa shape index (κ1) is 16.4. The van der Waals surface area contributed by atoms with Crippen LogP contribution in [0.3, 0.4) is 0 Å². The predicted octanol–water partition coefficient (Wildman–Crippen LogP) is 1.03. The van der Waals surface area contributed by atoms with Crippen LogP contribution in [0.25, 0.3) is 0 Å². The Morgan fingerprint density at radius 1 is 1.29 bits per heavy atom. The van der Waals surface area contributed by atoms with Crippen molar-refractivity contribution in [3.05, 3.63) is 29.3 Å². The summed E-state index contributed by atoms with van der Waals surface area (Å²) in [6, 6.07) is 5.31. The summed E-state index contributed by atoms with van der Waals surface area (Å²) >= 11 is 0. The second-order valence-corrected chi connectivity index (χ2v) is 7.61. The summed E-state index contributed by atoms with van der Waals surface area (Å²) in [7, 11) is -1.42. The van der Waals surface area contributed by atoms with Gasteiger partial charge in [-0.2, -0.15) is 4.31 Å². The Hall–Kier alpha value is -0.950. The second kappa shape index (κ2) is 6.44. The number of nitrogens with zero attached hydrogens (tertiary/aromatic N) is 2. The lowest BCUT2D eigenvalue weighted by atomic mass is 10.1. The molecule has 1 aliphatic heterocycles. The molecule has 21 heavy (non-hydrogen) atoms. The SMILES string of the molecule is CCc1ccc(S(=O)(=O)N2CCN(C)CC2C)cc1CN. The van der Waals surface area contributed by atoms with E-state index in [9.17, 15) is 8.42 Å². The van der Waals surface area contributed by atoms with E-state index in [0.717, 1.165) is 30.6 Å². The number of aryl methyl sites for hydroxylation is 1. The van der Waals surface area contributed by atoms with Crippen molar-refractivity contribution in [2.45, 2.75) is 37.8 Å². The molecule has 1 atom stereocenters. The third-order valence-corrected chi connectivity index (χ3v) is 6.16. The van der Waals surface area contributed by atoms with Crippen LogP contribution in [-0.4, -0.2) is 50.3 Å². The number of piperazine rings is 1. The molecule has 118 valence electrons. The molecule has 6 heteroatoms. The lowest BCUT2D eigenvalue weighted by Crippen LogP contribution is -2.52. The minimum Gasteiger partial charge on any atom is -0.326 e. The first-order chi connectivity index (χ1) is 9.90. The van der Waals surface area contributed by atoms with E-state index in [-0.39, 0.29) is 6.04 Å². The number of hydrogen-bond acceptors (Lipinski definition) is 4. The van der Waals surface area contributed by atoms with Gasteiger partial charge in [-0.3, -0.25) is 0 Å². The lowest BCUT2D eigenvalue weighted by Gasteiger charge is -2.37. The van der Waals surface area contributed by atoms with Crippen molar-refractivity contribution in [3.8, 4) is 0 Å². The van der Waals surface area contributed by atoms with Gasteiger partial charge in [-0.1, -0.05) is 13.0 Å². The Morgan fingerprint density at radius 3 is 2.57 bits per heavy atom. The molecule has 0 spiro atoms. The summed E-state index contributed by atoms with van der Waals surface area (Å²) < 4.78 is 27.3. The quantitative estimate of drug-likeness (QED) is 0.902. The van der Waals surface area contributed by atoms with Gasteiger partial charge >= 0.3 is 0 Å². The first-order valence-corrected chi connectivity index (χ1v) is 8.86. The molecule has 2 rings (SSSR count). The molecule has 0 bridgehead atoms. The molecule has 0 saturated carbocycles. The van der Waals surface area contributed by atoms with Gasteiger partial charge in [0.1, 0.15) is 0 Å². The molecular weight excluding hydrogens is 286 g/mol. The minimum atomic E-state index is -3.44. The molecule has 1 saturated heterocycles. The zero-order chi connectivity index (χ0) is 15.6. The average molecular weight is 311 g/mol. The Bertz CT molecular complexity index is 601. The maximum absolute atomic E-state index is 12.8. The van der Waals surface area contributed by atoms with Crippen LogP contribution in [0.15, 0.2) is 23.1 Å². The molecule has 1 aromatic carbocycles. The monoisotopic (exact) mass is 311 g/mol. The van der Waals surface area contributed by atoms with Crippen LogP contribution in [0.1, 0.15) is 25.0 Å². The van der Waals surface area contributed by atoms with Gasteiger partial charge in [0.15, 0.2) is 0 Å². The van der Waals surface area contributed by atoms with Crippen LogP contribution in [0.2, 0.25) is 0 Å². The fourth-order valence-corrected chi connectivity index (χ4v) is 4.58. The molecule has 5 nitrogen and oxygen atoms in total. The average Bonchev–Trinajstić information content (AvgIpc) is 2.46. The van der Waals surface area contributed by atoms with E-state index in [2.05, 4.69) is 4.90 Å². The normalized spacial score (nSPS) is 21.6. The predicted molar refractivity (Wildman–Crippen MR) is 84.6 cm³/mol. The zero-order valence-electron chi connectivity index (χ0n) is 13.0. The summed E-state index contributed by atoms with van der Waals surface area (Å²) in [6.45, 7) is 6.43. The largest absolute Gasteiger partial charge is 0.326 e. The van der Waals surface area contributed by atoms with Crippen molar-refractivity contribution in [2.75, 3.05) is 26.7 Å².